The molecule has 0 saturated carbocycles. The Hall–Kier alpha value is -3.78. The summed E-state index contributed by atoms with van der Waals surface area (Å²) in [5.41, 5.74) is 0.707. The lowest BCUT2D eigenvalue weighted by Crippen LogP contribution is -2.15. The highest BCUT2D eigenvalue weighted by molar-refractivity contribution is 7.99. The zero-order valence-corrected chi connectivity index (χ0v) is 19.0. The molecule has 0 bridgehead atoms. The van der Waals surface area contributed by atoms with Crippen LogP contribution in [-0.2, 0) is 17.9 Å². The number of benzene rings is 3. The van der Waals surface area contributed by atoms with Crippen LogP contribution in [0.5, 0.6) is 11.5 Å². The highest BCUT2D eigenvalue weighted by Crippen LogP contribution is 2.26. The van der Waals surface area contributed by atoms with Crippen molar-refractivity contribution in [1.29, 1.82) is 0 Å². The molecule has 3 aromatic carbocycles. The number of hydrogen-bond acceptors (Lipinski definition) is 6. The molecule has 7 nitrogen and oxygen atoms in total. The fourth-order valence-electron chi connectivity index (χ4n) is 3.31. The quantitative estimate of drug-likeness (QED) is 0.267. The minimum Gasteiger partial charge on any atom is -0.497 e. The first-order valence-electron chi connectivity index (χ1n) is 10.4. The van der Waals surface area contributed by atoms with Crippen LogP contribution < -0.4 is 14.8 Å². The fraction of sp³-hybridized carbons (Fsp3) is 0.160. The molecule has 0 aliphatic rings. The number of fused-ring (bicyclic) bond motifs is 1. The Balaban J connectivity index is 1.40. The average molecular weight is 461 g/mol. The smallest absolute Gasteiger partial charge is 0.234 e. The number of rotatable bonds is 10. The van der Waals surface area contributed by atoms with Gasteiger partial charge in [0.2, 0.25) is 5.91 Å². The summed E-state index contributed by atoms with van der Waals surface area (Å²) >= 11 is 1.32. The van der Waals surface area contributed by atoms with Gasteiger partial charge < -0.3 is 14.8 Å². The standard InChI is InChI=1S/C25H24N4O3S/c1-3-15-29-23(16-32-22-10-6-8-18-7-4-5-9-21(18)22)27-28-25(29)33-17-24(30)26-19-11-13-20(31-2)14-12-19/h3-14H,1,15-17H2,2H3,(H,26,30). The highest BCUT2D eigenvalue weighted by Gasteiger charge is 2.15. The van der Waals surface area contributed by atoms with Crippen molar-refractivity contribution in [2.24, 2.45) is 0 Å². The van der Waals surface area contributed by atoms with Crippen molar-refractivity contribution in [2.45, 2.75) is 18.3 Å². The van der Waals surface area contributed by atoms with Crippen LogP contribution in [0.4, 0.5) is 5.69 Å². The maximum Gasteiger partial charge on any atom is 0.234 e. The summed E-state index contributed by atoms with van der Waals surface area (Å²) in [6.07, 6.45) is 1.77. The number of nitrogens with zero attached hydrogens (tertiary/aromatic N) is 3. The Kier molecular flexibility index (Phi) is 7.26. The van der Waals surface area contributed by atoms with Crippen molar-refractivity contribution >= 4 is 34.1 Å². The second-order valence-electron chi connectivity index (χ2n) is 7.13. The second-order valence-corrected chi connectivity index (χ2v) is 8.07. The molecule has 33 heavy (non-hydrogen) atoms. The van der Waals surface area contributed by atoms with Gasteiger partial charge in [-0.2, -0.15) is 0 Å². The van der Waals surface area contributed by atoms with Crippen LogP contribution in [0.2, 0.25) is 0 Å². The lowest BCUT2D eigenvalue weighted by molar-refractivity contribution is -0.113. The first-order valence-corrected chi connectivity index (χ1v) is 11.4. The van der Waals surface area contributed by atoms with Gasteiger partial charge in [0.1, 0.15) is 18.1 Å². The molecule has 1 aromatic heterocycles. The molecular formula is C25H24N4O3S. The first kappa shape index (κ1) is 22.4. The molecule has 1 N–H and O–H groups in total. The third-order valence-corrected chi connectivity index (χ3v) is 5.88. The first-order chi connectivity index (χ1) is 16.2. The maximum atomic E-state index is 12.4. The number of ether oxygens (including phenoxy) is 2. The second kappa shape index (κ2) is 10.7. The van der Waals surface area contributed by atoms with E-state index >= 15 is 0 Å². The van der Waals surface area contributed by atoms with E-state index in [4.69, 9.17) is 9.47 Å². The molecule has 1 heterocycles. The van der Waals surface area contributed by atoms with E-state index in [2.05, 4.69) is 22.1 Å². The van der Waals surface area contributed by atoms with Crippen molar-refractivity contribution in [2.75, 3.05) is 18.2 Å². The van der Waals surface area contributed by atoms with Gasteiger partial charge in [-0.05, 0) is 35.7 Å². The minimum absolute atomic E-state index is 0.133. The van der Waals surface area contributed by atoms with Crippen molar-refractivity contribution in [3.05, 3.63) is 85.2 Å². The van der Waals surface area contributed by atoms with Gasteiger partial charge in [0, 0.05) is 17.6 Å². The van der Waals surface area contributed by atoms with Crippen LogP contribution in [0.3, 0.4) is 0 Å². The van der Waals surface area contributed by atoms with E-state index in [0.29, 0.717) is 23.2 Å². The lowest BCUT2D eigenvalue weighted by Gasteiger charge is -2.11. The van der Waals surface area contributed by atoms with E-state index < -0.39 is 0 Å². The van der Waals surface area contributed by atoms with Crippen molar-refractivity contribution in [1.82, 2.24) is 14.8 Å². The number of nitrogens with one attached hydrogen (secondary N) is 1. The Bertz CT molecular complexity index is 1250. The number of carbonyl (C=O) groups is 1. The van der Waals surface area contributed by atoms with Crippen LogP contribution in [0.1, 0.15) is 5.82 Å². The normalized spacial score (nSPS) is 10.7. The molecule has 8 heteroatoms. The Labute approximate surface area is 196 Å². The molecule has 4 rings (SSSR count). The fourth-order valence-corrected chi connectivity index (χ4v) is 4.08. The molecule has 0 saturated heterocycles. The summed E-state index contributed by atoms with van der Waals surface area (Å²) in [5.74, 6) is 2.26. The molecule has 0 fully saturated rings. The van der Waals surface area contributed by atoms with Crippen molar-refractivity contribution in [3.8, 4) is 11.5 Å². The number of methoxy groups -OCH3 is 1. The molecule has 0 spiro atoms. The number of aromatic nitrogens is 3. The van der Waals surface area contributed by atoms with E-state index in [0.717, 1.165) is 22.3 Å². The predicted molar refractivity (Wildman–Crippen MR) is 131 cm³/mol. The average Bonchev–Trinajstić information content (AvgIpc) is 3.23. The predicted octanol–water partition coefficient (Wildman–Crippen LogP) is 4.94. The molecule has 0 aliphatic heterocycles. The Morgan fingerprint density at radius 3 is 2.67 bits per heavy atom. The van der Waals surface area contributed by atoms with Gasteiger partial charge in [0.15, 0.2) is 11.0 Å². The summed E-state index contributed by atoms with van der Waals surface area (Å²) in [5, 5.41) is 14.2. The Morgan fingerprint density at radius 1 is 1.09 bits per heavy atom. The van der Waals surface area contributed by atoms with E-state index in [9.17, 15) is 4.79 Å². The number of amides is 1. The highest BCUT2D eigenvalue weighted by atomic mass is 32.2. The third-order valence-electron chi connectivity index (χ3n) is 4.92. The summed E-state index contributed by atoms with van der Waals surface area (Å²) in [4.78, 5) is 12.4. The molecule has 4 aromatic rings. The number of hydrogen-bond donors (Lipinski definition) is 1. The molecule has 0 atom stereocenters. The largest absolute Gasteiger partial charge is 0.497 e. The lowest BCUT2D eigenvalue weighted by atomic mass is 10.1. The number of carbonyl (C=O) groups excluding carboxylic acids is 1. The van der Waals surface area contributed by atoms with Gasteiger partial charge in [0.25, 0.3) is 0 Å². The molecule has 0 radical (unpaired) electrons. The summed E-state index contributed by atoms with van der Waals surface area (Å²) in [6.45, 7) is 4.60. The van der Waals surface area contributed by atoms with Gasteiger partial charge in [-0.1, -0.05) is 54.2 Å². The molecule has 168 valence electrons. The van der Waals surface area contributed by atoms with Gasteiger partial charge in [-0.25, -0.2) is 0 Å². The third kappa shape index (κ3) is 5.53. The van der Waals surface area contributed by atoms with Crippen molar-refractivity contribution < 1.29 is 14.3 Å². The monoisotopic (exact) mass is 460 g/mol. The van der Waals surface area contributed by atoms with Crippen LogP contribution in [0.25, 0.3) is 10.8 Å². The SMILES string of the molecule is C=CCn1c(COc2cccc3ccccc23)nnc1SCC(=O)Nc1ccc(OC)cc1. The van der Waals surface area contributed by atoms with Crippen LogP contribution in [0.15, 0.2) is 84.5 Å². The van der Waals surface area contributed by atoms with E-state index in [-0.39, 0.29) is 18.3 Å². The summed E-state index contributed by atoms with van der Waals surface area (Å²) in [6, 6.07) is 21.2. The minimum atomic E-state index is -0.133. The molecule has 0 aliphatic carbocycles. The van der Waals surface area contributed by atoms with E-state index in [1.165, 1.54) is 11.8 Å². The number of thioether (sulfide) groups is 1. The summed E-state index contributed by atoms with van der Waals surface area (Å²) < 4.78 is 13.1. The van der Waals surface area contributed by atoms with E-state index in [1.54, 1.807) is 37.5 Å². The van der Waals surface area contributed by atoms with Gasteiger partial charge in [-0.15, -0.1) is 16.8 Å². The molecule has 0 unspecified atom stereocenters. The van der Waals surface area contributed by atoms with Crippen LogP contribution in [0, 0.1) is 0 Å². The molecule has 1 amide bonds. The number of anilines is 1. The zero-order valence-electron chi connectivity index (χ0n) is 18.2. The van der Waals surface area contributed by atoms with Crippen LogP contribution >= 0.6 is 11.8 Å². The van der Waals surface area contributed by atoms with Gasteiger partial charge in [0.05, 0.1) is 12.9 Å². The number of allylic oxidation sites excluding steroid dienone is 1. The zero-order chi connectivity index (χ0) is 23.0. The molecular weight excluding hydrogens is 436 g/mol. The summed E-state index contributed by atoms with van der Waals surface area (Å²) in [7, 11) is 1.60. The Morgan fingerprint density at radius 2 is 1.88 bits per heavy atom. The van der Waals surface area contributed by atoms with Crippen molar-refractivity contribution in [3.63, 3.8) is 0 Å². The topological polar surface area (TPSA) is 78.3 Å². The maximum absolute atomic E-state index is 12.4. The van der Waals surface area contributed by atoms with Gasteiger partial charge in [-0.3, -0.25) is 9.36 Å². The van der Waals surface area contributed by atoms with Gasteiger partial charge >= 0.3 is 0 Å². The van der Waals surface area contributed by atoms with E-state index in [1.807, 2.05) is 47.0 Å². The van der Waals surface area contributed by atoms with Crippen LogP contribution in [-0.4, -0.2) is 33.5 Å².